The van der Waals surface area contributed by atoms with Crippen LogP contribution >= 0.6 is 11.6 Å². The second-order valence-corrected chi connectivity index (χ2v) is 5.67. The third kappa shape index (κ3) is 2.99. The smallest absolute Gasteiger partial charge is 0.0639 e. The van der Waals surface area contributed by atoms with E-state index in [9.17, 15) is 0 Å². The summed E-state index contributed by atoms with van der Waals surface area (Å²) in [5.41, 5.74) is 9.45. The summed E-state index contributed by atoms with van der Waals surface area (Å²) in [6, 6.07) is 16.4. The Bertz CT molecular complexity index is 606. The SMILES string of the molecule is NCc1ccccc1N1CCN(c2ccccc2Cl)CC1. The van der Waals surface area contributed by atoms with Crippen LogP contribution in [0.1, 0.15) is 5.56 Å². The van der Waals surface area contributed by atoms with Crippen LogP contribution in [0.4, 0.5) is 11.4 Å². The predicted molar refractivity (Wildman–Crippen MR) is 90.2 cm³/mol. The van der Waals surface area contributed by atoms with Gasteiger partial charge in [0.2, 0.25) is 0 Å². The summed E-state index contributed by atoms with van der Waals surface area (Å²) in [5.74, 6) is 0. The maximum Gasteiger partial charge on any atom is 0.0639 e. The minimum Gasteiger partial charge on any atom is -0.368 e. The van der Waals surface area contributed by atoms with Gasteiger partial charge >= 0.3 is 0 Å². The number of nitrogens with two attached hydrogens (primary N) is 1. The second kappa shape index (κ2) is 6.37. The molecule has 110 valence electrons. The van der Waals surface area contributed by atoms with E-state index in [-0.39, 0.29) is 0 Å². The van der Waals surface area contributed by atoms with Crippen LogP contribution in [-0.2, 0) is 6.54 Å². The van der Waals surface area contributed by atoms with E-state index in [0.29, 0.717) is 6.54 Å². The molecule has 0 aromatic heterocycles. The summed E-state index contributed by atoms with van der Waals surface area (Å²) in [5, 5.41) is 0.827. The number of benzene rings is 2. The second-order valence-electron chi connectivity index (χ2n) is 5.26. The molecule has 0 spiro atoms. The van der Waals surface area contributed by atoms with Gasteiger partial charge in [0.25, 0.3) is 0 Å². The molecule has 21 heavy (non-hydrogen) atoms. The van der Waals surface area contributed by atoms with Gasteiger partial charge in [-0.3, -0.25) is 0 Å². The number of rotatable bonds is 3. The van der Waals surface area contributed by atoms with Crippen molar-refractivity contribution in [1.82, 2.24) is 0 Å². The molecule has 0 atom stereocenters. The number of piperazine rings is 1. The summed E-state index contributed by atoms with van der Waals surface area (Å²) in [7, 11) is 0. The van der Waals surface area contributed by atoms with Crippen LogP contribution in [0, 0.1) is 0 Å². The summed E-state index contributed by atoms with van der Waals surface area (Å²) in [4.78, 5) is 4.76. The van der Waals surface area contributed by atoms with Crippen LogP contribution in [0.25, 0.3) is 0 Å². The summed E-state index contributed by atoms with van der Waals surface area (Å²) < 4.78 is 0. The number of halogens is 1. The number of para-hydroxylation sites is 2. The fourth-order valence-electron chi connectivity index (χ4n) is 2.89. The maximum absolute atomic E-state index is 6.29. The van der Waals surface area contributed by atoms with Gasteiger partial charge in [0.1, 0.15) is 0 Å². The van der Waals surface area contributed by atoms with Gasteiger partial charge in [-0.25, -0.2) is 0 Å². The number of hydrogen-bond acceptors (Lipinski definition) is 3. The van der Waals surface area contributed by atoms with Crippen molar-refractivity contribution in [3.63, 3.8) is 0 Å². The first-order chi connectivity index (χ1) is 10.3. The summed E-state index contributed by atoms with van der Waals surface area (Å²) >= 11 is 6.29. The lowest BCUT2D eigenvalue weighted by molar-refractivity contribution is 0.651. The lowest BCUT2D eigenvalue weighted by Gasteiger charge is -2.38. The molecular weight excluding hydrogens is 282 g/mol. The minimum atomic E-state index is 0.584. The Labute approximate surface area is 130 Å². The molecule has 1 aliphatic heterocycles. The predicted octanol–water partition coefficient (Wildman–Crippen LogP) is 3.13. The molecule has 1 fully saturated rings. The van der Waals surface area contributed by atoms with Crippen molar-refractivity contribution in [1.29, 1.82) is 0 Å². The fraction of sp³-hybridized carbons (Fsp3) is 0.294. The number of nitrogens with zero attached hydrogens (tertiary/aromatic N) is 2. The molecule has 2 aromatic carbocycles. The van der Waals surface area contributed by atoms with Crippen LogP contribution in [0.2, 0.25) is 5.02 Å². The van der Waals surface area contributed by atoms with E-state index < -0.39 is 0 Å². The first kappa shape index (κ1) is 14.2. The molecule has 3 nitrogen and oxygen atoms in total. The molecule has 0 unspecified atom stereocenters. The molecule has 2 aromatic rings. The Balaban J connectivity index is 1.72. The van der Waals surface area contributed by atoms with Gasteiger partial charge in [-0.2, -0.15) is 0 Å². The van der Waals surface area contributed by atoms with Crippen molar-refractivity contribution >= 4 is 23.0 Å². The minimum absolute atomic E-state index is 0.584. The van der Waals surface area contributed by atoms with Crippen molar-refractivity contribution in [2.24, 2.45) is 5.73 Å². The first-order valence-corrected chi connectivity index (χ1v) is 7.70. The molecule has 3 rings (SSSR count). The maximum atomic E-state index is 6.29. The van der Waals surface area contributed by atoms with Gasteiger partial charge in [-0.05, 0) is 23.8 Å². The van der Waals surface area contributed by atoms with Gasteiger partial charge in [0.05, 0.1) is 10.7 Å². The Morgan fingerprint density at radius 3 is 1.95 bits per heavy atom. The van der Waals surface area contributed by atoms with Crippen LogP contribution in [-0.4, -0.2) is 26.2 Å². The highest BCUT2D eigenvalue weighted by molar-refractivity contribution is 6.33. The number of anilines is 2. The molecular formula is C17H20ClN3. The third-order valence-electron chi connectivity index (χ3n) is 4.03. The van der Waals surface area contributed by atoms with Crippen molar-refractivity contribution in [2.75, 3.05) is 36.0 Å². The van der Waals surface area contributed by atoms with Crippen molar-refractivity contribution in [2.45, 2.75) is 6.54 Å². The zero-order valence-electron chi connectivity index (χ0n) is 12.0. The van der Waals surface area contributed by atoms with Crippen LogP contribution in [0.3, 0.4) is 0 Å². The van der Waals surface area contributed by atoms with Crippen molar-refractivity contribution in [3.8, 4) is 0 Å². The van der Waals surface area contributed by atoms with Crippen molar-refractivity contribution < 1.29 is 0 Å². The highest BCUT2D eigenvalue weighted by atomic mass is 35.5. The molecule has 0 aliphatic carbocycles. The standard InChI is InChI=1S/C17H20ClN3/c18-15-6-2-4-8-17(15)21-11-9-20(10-12-21)16-7-3-1-5-14(16)13-19/h1-8H,9-13,19H2. The zero-order chi connectivity index (χ0) is 14.7. The first-order valence-electron chi connectivity index (χ1n) is 7.32. The van der Waals surface area contributed by atoms with Crippen LogP contribution in [0.15, 0.2) is 48.5 Å². The Hall–Kier alpha value is -1.71. The average molecular weight is 302 g/mol. The van der Waals surface area contributed by atoms with E-state index in [1.807, 2.05) is 24.3 Å². The third-order valence-corrected chi connectivity index (χ3v) is 4.34. The molecule has 1 saturated heterocycles. The fourth-order valence-corrected chi connectivity index (χ4v) is 3.14. The molecule has 1 heterocycles. The van der Waals surface area contributed by atoms with Gasteiger partial charge < -0.3 is 15.5 Å². The lowest BCUT2D eigenvalue weighted by atomic mass is 10.1. The average Bonchev–Trinajstić information content (AvgIpc) is 2.55. The van der Waals surface area contributed by atoms with Gasteiger partial charge in [0.15, 0.2) is 0 Å². The Kier molecular flexibility index (Phi) is 4.32. The normalized spacial score (nSPS) is 15.3. The van der Waals surface area contributed by atoms with E-state index in [4.69, 9.17) is 17.3 Å². The van der Waals surface area contributed by atoms with E-state index in [2.05, 4.69) is 34.1 Å². The molecule has 0 radical (unpaired) electrons. The van der Waals surface area contributed by atoms with E-state index in [0.717, 1.165) is 36.9 Å². The van der Waals surface area contributed by atoms with Gasteiger partial charge in [-0.1, -0.05) is 41.9 Å². The summed E-state index contributed by atoms with van der Waals surface area (Å²) in [6.45, 7) is 4.51. The van der Waals surface area contributed by atoms with E-state index >= 15 is 0 Å². The Morgan fingerprint density at radius 2 is 1.33 bits per heavy atom. The van der Waals surface area contributed by atoms with Crippen LogP contribution in [0.5, 0.6) is 0 Å². The van der Waals surface area contributed by atoms with Crippen molar-refractivity contribution in [3.05, 3.63) is 59.1 Å². The molecule has 0 saturated carbocycles. The quantitative estimate of drug-likeness (QED) is 0.945. The molecule has 1 aliphatic rings. The molecule has 0 bridgehead atoms. The Morgan fingerprint density at radius 1 is 0.810 bits per heavy atom. The highest BCUT2D eigenvalue weighted by Crippen LogP contribution is 2.28. The monoisotopic (exact) mass is 301 g/mol. The molecule has 2 N–H and O–H groups in total. The topological polar surface area (TPSA) is 32.5 Å². The van der Waals surface area contributed by atoms with E-state index in [1.54, 1.807) is 0 Å². The largest absolute Gasteiger partial charge is 0.368 e. The van der Waals surface area contributed by atoms with Gasteiger partial charge in [-0.15, -0.1) is 0 Å². The highest BCUT2D eigenvalue weighted by Gasteiger charge is 2.20. The van der Waals surface area contributed by atoms with E-state index in [1.165, 1.54) is 11.3 Å². The van der Waals surface area contributed by atoms with Gasteiger partial charge in [0, 0.05) is 38.4 Å². The number of hydrogen-bond donors (Lipinski definition) is 1. The molecule has 0 amide bonds. The molecule has 4 heteroatoms. The lowest BCUT2D eigenvalue weighted by Crippen LogP contribution is -2.47. The summed E-state index contributed by atoms with van der Waals surface area (Å²) in [6.07, 6.45) is 0. The zero-order valence-corrected chi connectivity index (χ0v) is 12.8. The van der Waals surface area contributed by atoms with Crippen LogP contribution < -0.4 is 15.5 Å².